The lowest BCUT2D eigenvalue weighted by Crippen LogP contribution is -2.68. The summed E-state index contributed by atoms with van der Waals surface area (Å²) >= 11 is 6.54. The van der Waals surface area contributed by atoms with Gasteiger partial charge in [0.1, 0.15) is 24.3 Å². The Morgan fingerprint density at radius 1 is 1.28 bits per heavy atom. The molecule has 2 aliphatic rings. The maximum atomic E-state index is 15.5. The van der Waals surface area contributed by atoms with Gasteiger partial charge >= 0.3 is 0 Å². The molecule has 2 aromatic rings. The number of rotatable bonds is 10. The SMILES string of the molecule is CNC[C@@H](O)COc1ccc(Cl)c(-c2nc(C(C(C)=O)=C(C)N)c(C)c(N3CC(F)(C(=O)N4CCC4)C3)n2)c1. The number of nitrogens with one attached hydrogen (secondary N) is 1. The minimum Gasteiger partial charge on any atom is -0.491 e. The molecule has 12 heteroatoms. The summed E-state index contributed by atoms with van der Waals surface area (Å²) in [7, 11) is 1.73. The fourth-order valence-electron chi connectivity index (χ4n) is 4.71. The number of benzene rings is 1. The molecule has 210 valence electrons. The second-order valence-corrected chi connectivity index (χ2v) is 10.5. The molecule has 4 N–H and O–H groups in total. The number of aliphatic hydroxyl groups excluding tert-OH is 1. The van der Waals surface area contributed by atoms with Gasteiger partial charge in [-0.15, -0.1) is 0 Å². The molecular formula is C27H34ClFN6O4. The van der Waals surface area contributed by atoms with Crippen LogP contribution in [0.4, 0.5) is 10.2 Å². The van der Waals surface area contributed by atoms with E-state index >= 15 is 4.39 Å². The monoisotopic (exact) mass is 560 g/mol. The predicted molar refractivity (Wildman–Crippen MR) is 147 cm³/mol. The summed E-state index contributed by atoms with van der Waals surface area (Å²) < 4.78 is 21.2. The maximum absolute atomic E-state index is 15.5. The Bertz CT molecular complexity index is 1310. The molecule has 2 saturated heterocycles. The smallest absolute Gasteiger partial charge is 0.264 e. The van der Waals surface area contributed by atoms with Crippen LogP contribution < -0.4 is 20.7 Å². The van der Waals surface area contributed by atoms with E-state index in [1.807, 2.05) is 0 Å². The molecule has 1 aromatic heterocycles. The van der Waals surface area contributed by atoms with Crippen molar-refractivity contribution in [2.24, 2.45) is 5.73 Å². The molecule has 1 amide bonds. The third-order valence-corrected chi connectivity index (χ3v) is 7.20. The number of amides is 1. The number of ketones is 1. The van der Waals surface area contributed by atoms with Crippen LogP contribution in [-0.2, 0) is 9.59 Å². The highest BCUT2D eigenvalue weighted by Gasteiger charge is 2.53. The van der Waals surface area contributed by atoms with E-state index in [0.29, 0.717) is 53.0 Å². The van der Waals surface area contributed by atoms with E-state index < -0.39 is 17.7 Å². The standard InChI is InChI=1S/C27H34ClFN6O4/c1-15-23(22(16(2)30)17(3)36)32-24(20-10-19(6-7-21(20)28)39-12-18(37)11-31-4)33-25(15)35-13-27(29,14-35)26(38)34-8-5-9-34/h6-7,10,18,31,37H,5,8-9,11-14,30H2,1-4H3/t18-/m1/s1. The summed E-state index contributed by atoms with van der Waals surface area (Å²) in [4.78, 5) is 37.8. The second kappa shape index (κ2) is 11.4. The highest BCUT2D eigenvalue weighted by molar-refractivity contribution is 6.33. The Morgan fingerprint density at radius 3 is 2.54 bits per heavy atom. The van der Waals surface area contributed by atoms with E-state index in [0.717, 1.165) is 6.42 Å². The fraction of sp³-hybridized carbons (Fsp3) is 0.481. The molecule has 3 heterocycles. The molecule has 1 aromatic carbocycles. The van der Waals surface area contributed by atoms with E-state index in [4.69, 9.17) is 27.1 Å². The molecule has 0 radical (unpaired) electrons. The second-order valence-electron chi connectivity index (χ2n) is 10.1. The lowest BCUT2D eigenvalue weighted by atomic mass is 9.92. The molecule has 0 spiro atoms. The summed E-state index contributed by atoms with van der Waals surface area (Å²) in [5.74, 6) is 0.203. The van der Waals surface area contributed by atoms with Crippen molar-refractivity contribution in [2.45, 2.75) is 39.0 Å². The van der Waals surface area contributed by atoms with Gasteiger partial charge in [-0.25, -0.2) is 14.4 Å². The molecule has 10 nitrogen and oxygen atoms in total. The van der Waals surface area contributed by atoms with Gasteiger partial charge in [0.05, 0.1) is 29.4 Å². The third-order valence-electron chi connectivity index (χ3n) is 6.87. The van der Waals surface area contributed by atoms with Gasteiger partial charge in [-0.2, -0.15) is 0 Å². The zero-order valence-electron chi connectivity index (χ0n) is 22.6. The summed E-state index contributed by atoms with van der Waals surface area (Å²) in [6, 6.07) is 4.92. The van der Waals surface area contributed by atoms with Crippen LogP contribution in [0.1, 0.15) is 31.5 Å². The van der Waals surface area contributed by atoms with E-state index in [1.54, 1.807) is 44.0 Å². The molecule has 2 aliphatic heterocycles. The van der Waals surface area contributed by atoms with E-state index in [2.05, 4.69) is 10.3 Å². The lowest BCUT2D eigenvalue weighted by molar-refractivity contribution is -0.149. The van der Waals surface area contributed by atoms with Gasteiger partial charge in [-0.1, -0.05) is 11.6 Å². The number of nitrogens with two attached hydrogens (primary N) is 1. The van der Waals surface area contributed by atoms with Crippen molar-refractivity contribution in [1.82, 2.24) is 20.2 Å². The van der Waals surface area contributed by atoms with Crippen LogP contribution in [-0.4, -0.2) is 89.8 Å². The van der Waals surface area contributed by atoms with Crippen LogP contribution in [0, 0.1) is 6.92 Å². The van der Waals surface area contributed by atoms with Crippen molar-refractivity contribution in [3.8, 4) is 17.1 Å². The highest BCUT2D eigenvalue weighted by atomic mass is 35.5. The van der Waals surface area contributed by atoms with Crippen molar-refractivity contribution in [2.75, 3.05) is 51.3 Å². The van der Waals surface area contributed by atoms with Gasteiger partial charge in [0.15, 0.2) is 11.6 Å². The van der Waals surface area contributed by atoms with Crippen molar-refractivity contribution in [1.29, 1.82) is 0 Å². The summed E-state index contributed by atoms with van der Waals surface area (Å²) in [5, 5.41) is 13.2. The number of anilines is 1. The summed E-state index contributed by atoms with van der Waals surface area (Å²) in [5.41, 5.74) is 5.84. The Morgan fingerprint density at radius 2 is 1.97 bits per heavy atom. The van der Waals surface area contributed by atoms with E-state index in [-0.39, 0.29) is 42.6 Å². The van der Waals surface area contributed by atoms with E-state index in [9.17, 15) is 14.7 Å². The number of carbonyl (C=O) groups excluding carboxylic acids is 2. The number of likely N-dealkylation sites (N-methyl/N-ethyl adjacent to an activating group) is 1. The number of aliphatic hydroxyl groups is 1. The zero-order valence-corrected chi connectivity index (χ0v) is 23.3. The Hall–Kier alpha value is -3.28. The zero-order chi connectivity index (χ0) is 28.5. The fourth-order valence-corrected chi connectivity index (χ4v) is 4.91. The molecule has 1 atom stereocenters. The molecule has 0 aliphatic carbocycles. The molecule has 4 rings (SSSR count). The number of hydrogen-bond donors (Lipinski definition) is 3. The lowest BCUT2D eigenvalue weighted by Gasteiger charge is -2.47. The maximum Gasteiger partial charge on any atom is 0.264 e. The van der Waals surface area contributed by atoms with Crippen LogP contribution in [0.15, 0.2) is 23.9 Å². The van der Waals surface area contributed by atoms with Gasteiger partial charge < -0.3 is 30.7 Å². The molecular weight excluding hydrogens is 527 g/mol. The number of hydrogen-bond acceptors (Lipinski definition) is 9. The first kappa shape index (κ1) is 28.7. The van der Waals surface area contributed by atoms with E-state index in [1.165, 1.54) is 11.8 Å². The van der Waals surface area contributed by atoms with Crippen molar-refractivity contribution in [3.05, 3.63) is 40.2 Å². The Kier molecular flexibility index (Phi) is 8.43. The van der Waals surface area contributed by atoms with Crippen LogP contribution in [0.2, 0.25) is 5.02 Å². The molecule has 39 heavy (non-hydrogen) atoms. The average Bonchev–Trinajstić information content (AvgIpc) is 2.81. The number of nitrogens with zero attached hydrogens (tertiary/aromatic N) is 4. The first-order valence-electron chi connectivity index (χ1n) is 12.8. The number of halogens is 2. The minimum absolute atomic E-state index is 0.0498. The van der Waals surface area contributed by atoms with Crippen molar-refractivity contribution in [3.63, 3.8) is 0 Å². The Labute approximate surface area is 232 Å². The largest absolute Gasteiger partial charge is 0.491 e. The van der Waals surface area contributed by atoms with Gasteiger partial charge in [-0.3, -0.25) is 9.59 Å². The van der Waals surface area contributed by atoms with Crippen LogP contribution in [0.3, 0.4) is 0 Å². The summed E-state index contributed by atoms with van der Waals surface area (Å²) in [6.45, 7) is 5.95. The normalized spacial score (nSPS) is 17.6. The number of allylic oxidation sites excluding steroid dienone is 2. The number of carbonyl (C=O) groups is 2. The number of ether oxygens (including phenoxy) is 1. The highest BCUT2D eigenvalue weighted by Crippen LogP contribution is 2.38. The van der Waals surface area contributed by atoms with Gasteiger partial charge in [0.25, 0.3) is 5.91 Å². The number of alkyl halides is 1. The molecule has 0 bridgehead atoms. The van der Waals surface area contributed by atoms with Gasteiger partial charge in [0, 0.05) is 36.5 Å². The molecule has 0 unspecified atom stereocenters. The molecule has 0 saturated carbocycles. The summed E-state index contributed by atoms with van der Waals surface area (Å²) in [6.07, 6.45) is 0.157. The minimum atomic E-state index is -2.00. The number of aromatic nitrogens is 2. The van der Waals surface area contributed by atoms with Gasteiger partial charge in [0.2, 0.25) is 5.67 Å². The average molecular weight is 561 g/mol. The van der Waals surface area contributed by atoms with Crippen LogP contribution in [0.5, 0.6) is 5.75 Å². The quantitative estimate of drug-likeness (QED) is 0.373. The predicted octanol–water partition coefficient (Wildman–Crippen LogP) is 2.10. The first-order chi connectivity index (χ1) is 18.4. The number of Topliss-reactive ketones (excluding diaryl/α,β-unsaturated/α-hetero) is 1. The van der Waals surface area contributed by atoms with Crippen molar-refractivity contribution < 1.29 is 23.8 Å². The third kappa shape index (κ3) is 5.85. The number of likely N-dealkylation sites (tertiary alicyclic amines) is 1. The van der Waals surface area contributed by atoms with Gasteiger partial charge in [-0.05, 0) is 52.4 Å². The molecule has 2 fully saturated rings. The van der Waals surface area contributed by atoms with Crippen molar-refractivity contribution >= 4 is 34.7 Å². The van der Waals surface area contributed by atoms with Crippen LogP contribution >= 0.6 is 11.6 Å². The Balaban J connectivity index is 1.74. The first-order valence-corrected chi connectivity index (χ1v) is 13.2. The van der Waals surface area contributed by atoms with Crippen LogP contribution in [0.25, 0.3) is 17.0 Å². The topological polar surface area (TPSA) is 134 Å².